The Labute approximate surface area is 168 Å². The van der Waals surface area contributed by atoms with E-state index in [4.69, 9.17) is 0 Å². The molecular formula is C20H22N6O2S. The third-order valence-electron chi connectivity index (χ3n) is 6.24. The highest BCUT2D eigenvalue weighted by molar-refractivity contribution is 7.91. The van der Waals surface area contributed by atoms with Gasteiger partial charge < -0.3 is 5.32 Å². The van der Waals surface area contributed by atoms with Crippen LogP contribution in [0.4, 0.5) is 11.6 Å². The van der Waals surface area contributed by atoms with Crippen molar-refractivity contribution in [3.63, 3.8) is 0 Å². The van der Waals surface area contributed by atoms with Crippen molar-refractivity contribution in [1.29, 1.82) is 0 Å². The number of hydrogen-bond donors (Lipinski definition) is 2. The molecule has 2 heterocycles. The molecule has 9 heteroatoms. The Kier molecular flexibility index (Phi) is 3.65. The smallest absolute Gasteiger partial charge is 0.249 e. The lowest BCUT2D eigenvalue weighted by atomic mass is 9.99. The van der Waals surface area contributed by atoms with E-state index < -0.39 is 9.84 Å². The molecule has 1 saturated carbocycles. The summed E-state index contributed by atoms with van der Waals surface area (Å²) in [5, 5.41) is 14.1. The highest BCUT2D eigenvalue weighted by Gasteiger charge is 2.30. The van der Waals surface area contributed by atoms with E-state index in [1.54, 1.807) is 10.9 Å². The van der Waals surface area contributed by atoms with Crippen LogP contribution in [0.5, 0.6) is 0 Å². The summed E-state index contributed by atoms with van der Waals surface area (Å²) < 4.78 is 27.6. The zero-order valence-electron chi connectivity index (χ0n) is 16.0. The van der Waals surface area contributed by atoms with Gasteiger partial charge in [0, 0.05) is 11.9 Å². The van der Waals surface area contributed by atoms with Gasteiger partial charge in [-0.3, -0.25) is 4.68 Å². The molecule has 0 saturated heterocycles. The van der Waals surface area contributed by atoms with Gasteiger partial charge in [-0.25, -0.2) is 13.5 Å². The van der Waals surface area contributed by atoms with Crippen LogP contribution in [-0.2, 0) is 35.5 Å². The Hall–Kier alpha value is -2.68. The largest absolute Gasteiger partial charge is 0.322 e. The topological polar surface area (TPSA) is 106 Å². The molecule has 29 heavy (non-hydrogen) atoms. The number of nitrogens with zero attached hydrogens (tertiary/aromatic N) is 4. The number of hydrogen-bond acceptors (Lipinski definition) is 6. The van der Waals surface area contributed by atoms with E-state index in [0.717, 1.165) is 57.1 Å². The van der Waals surface area contributed by atoms with Gasteiger partial charge in [0.2, 0.25) is 20.9 Å². The lowest BCUT2D eigenvalue weighted by Gasteiger charge is -2.15. The maximum Gasteiger partial charge on any atom is 0.249 e. The van der Waals surface area contributed by atoms with E-state index in [1.807, 2.05) is 0 Å². The standard InChI is InChI=1S/C20H22N6O2S/c27-29(28,15-10-21-26(11-15)14-7-8-14)20-23-19(24-25-20)22-18-16-5-1-3-12(16)9-13-4-2-6-17(13)18/h9-11,14H,1-8H2,(H2,22,23,24,25). The van der Waals surface area contributed by atoms with Gasteiger partial charge >= 0.3 is 0 Å². The minimum Gasteiger partial charge on any atom is -0.322 e. The molecule has 3 aliphatic carbocycles. The molecule has 150 valence electrons. The van der Waals surface area contributed by atoms with Crippen molar-refractivity contribution in [3.8, 4) is 0 Å². The summed E-state index contributed by atoms with van der Waals surface area (Å²) in [5.74, 6) is 0.299. The van der Waals surface area contributed by atoms with Crippen molar-refractivity contribution < 1.29 is 8.42 Å². The number of aromatic amines is 1. The molecule has 2 N–H and O–H groups in total. The number of sulfone groups is 1. The molecule has 0 bridgehead atoms. The fourth-order valence-electron chi connectivity index (χ4n) is 4.61. The van der Waals surface area contributed by atoms with Gasteiger partial charge in [0.05, 0.1) is 12.2 Å². The van der Waals surface area contributed by atoms with Crippen LogP contribution >= 0.6 is 0 Å². The SMILES string of the molecule is O=S(=O)(c1cnn(C2CC2)c1)c1nc(Nc2c3c(cc4c2CCC4)CCC3)n[nH]1. The Balaban J connectivity index is 1.33. The molecule has 0 amide bonds. The summed E-state index contributed by atoms with van der Waals surface area (Å²) in [6, 6.07) is 2.69. The third kappa shape index (κ3) is 2.78. The average Bonchev–Trinajstić information content (AvgIpc) is 3.19. The lowest BCUT2D eigenvalue weighted by Crippen LogP contribution is -2.05. The summed E-state index contributed by atoms with van der Waals surface area (Å²) in [5.41, 5.74) is 6.58. The van der Waals surface area contributed by atoms with Gasteiger partial charge in [-0.15, -0.1) is 5.10 Å². The second-order valence-electron chi connectivity index (χ2n) is 8.21. The second-order valence-corrected chi connectivity index (χ2v) is 10.1. The summed E-state index contributed by atoms with van der Waals surface area (Å²) in [4.78, 5) is 4.42. The minimum atomic E-state index is -3.77. The van der Waals surface area contributed by atoms with E-state index in [2.05, 4.69) is 31.7 Å². The van der Waals surface area contributed by atoms with Crippen molar-refractivity contribution in [2.75, 3.05) is 5.32 Å². The van der Waals surface area contributed by atoms with Crippen molar-refractivity contribution in [2.45, 2.75) is 67.5 Å². The van der Waals surface area contributed by atoms with E-state index in [1.165, 1.54) is 28.5 Å². The lowest BCUT2D eigenvalue weighted by molar-refractivity contribution is 0.587. The second kappa shape index (κ2) is 6.16. The molecule has 1 aromatic carbocycles. The molecule has 3 aliphatic rings. The van der Waals surface area contributed by atoms with E-state index >= 15 is 0 Å². The molecule has 0 spiro atoms. The number of rotatable bonds is 5. The molecule has 0 unspecified atom stereocenters. The Morgan fingerprint density at radius 3 is 2.48 bits per heavy atom. The zero-order valence-corrected chi connectivity index (χ0v) is 16.8. The maximum atomic E-state index is 12.9. The van der Waals surface area contributed by atoms with Crippen LogP contribution in [0.2, 0.25) is 0 Å². The summed E-state index contributed by atoms with van der Waals surface area (Å²) >= 11 is 0. The Morgan fingerprint density at radius 1 is 1.07 bits per heavy atom. The van der Waals surface area contributed by atoms with Crippen LogP contribution in [0.3, 0.4) is 0 Å². The highest BCUT2D eigenvalue weighted by atomic mass is 32.2. The molecule has 8 nitrogen and oxygen atoms in total. The van der Waals surface area contributed by atoms with Crippen molar-refractivity contribution >= 4 is 21.5 Å². The minimum absolute atomic E-state index is 0.147. The first-order valence-corrected chi connectivity index (χ1v) is 11.7. The number of anilines is 2. The van der Waals surface area contributed by atoms with Crippen LogP contribution in [0.1, 0.15) is 54.0 Å². The molecule has 0 atom stereocenters. The first kappa shape index (κ1) is 17.2. The Bertz CT molecular complexity index is 1190. The van der Waals surface area contributed by atoms with Gasteiger partial charge in [-0.1, -0.05) is 6.07 Å². The van der Waals surface area contributed by atoms with Crippen LogP contribution in [-0.4, -0.2) is 33.4 Å². The highest BCUT2D eigenvalue weighted by Crippen LogP contribution is 2.39. The van der Waals surface area contributed by atoms with Crippen molar-refractivity contribution in [1.82, 2.24) is 25.0 Å². The van der Waals surface area contributed by atoms with Crippen LogP contribution in [0.15, 0.2) is 28.5 Å². The number of benzene rings is 1. The average molecular weight is 411 g/mol. The fraction of sp³-hybridized carbons (Fsp3) is 0.450. The number of aryl methyl sites for hydroxylation is 2. The van der Waals surface area contributed by atoms with E-state index in [9.17, 15) is 8.42 Å². The number of fused-ring (bicyclic) bond motifs is 2. The summed E-state index contributed by atoms with van der Waals surface area (Å²) in [6.45, 7) is 0. The quantitative estimate of drug-likeness (QED) is 0.670. The monoisotopic (exact) mass is 410 g/mol. The van der Waals surface area contributed by atoms with E-state index in [-0.39, 0.29) is 10.1 Å². The molecule has 1 fully saturated rings. The predicted molar refractivity (Wildman–Crippen MR) is 106 cm³/mol. The Morgan fingerprint density at radius 2 is 1.79 bits per heavy atom. The summed E-state index contributed by atoms with van der Waals surface area (Å²) in [7, 11) is -3.77. The van der Waals surface area contributed by atoms with Crippen molar-refractivity contribution in [3.05, 3.63) is 40.7 Å². The van der Waals surface area contributed by atoms with Crippen LogP contribution < -0.4 is 5.32 Å². The number of H-pyrrole nitrogens is 1. The maximum absolute atomic E-state index is 12.9. The summed E-state index contributed by atoms with van der Waals surface area (Å²) in [6.07, 6.45) is 11.7. The van der Waals surface area contributed by atoms with Crippen LogP contribution in [0, 0.1) is 0 Å². The fourth-order valence-corrected chi connectivity index (χ4v) is 5.64. The first-order chi connectivity index (χ1) is 14.1. The van der Waals surface area contributed by atoms with E-state index in [0.29, 0.717) is 12.0 Å². The van der Waals surface area contributed by atoms with Crippen molar-refractivity contribution in [2.24, 2.45) is 0 Å². The predicted octanol–water partition coefficient (Wildman–Crippen LogP) is 2.89. The van der Waals surface area contributed by atoms with Gasteiger partial charge in [-0.05, 0) is 73.6 Å². The zero-order chi connectivity index (χ0) is 19.6. The van der Waals surface area contributed by atoms with Crippen LogP contribution in [0.25, 0.3) is 0 Å². The normalized spacial score (nSPS) is 18.1. The van der Waals surface area contributed by atoms with Gasteiger partial charge in [0.25, 0.3) is 0 Å². The molecule has 0 aliphatic heterocycles. The molecule has 2 aromatic heterocycles. The third-order valence-corrected chi connectivity index (χ3v) is 7.76. The molecule has 6 rings (SSSR count). The molecular weight excluding hydrogens is 388 g/mol. The molecule has 3 aromatic rings. The van der Waals surface area contributed by atoms with Gasteiger partial charge in [0.15, 0.2) is 0 Å². The van der Waals surface area contributed by atoms with Gasteiger partial charge in [0.1, 0.15) is 4.90 Å². The number of aromatic nitrogens is 5. The number of nitrogens with one attached hydrogen (secondary N) is 2. The first-order valence-electron chi connectivity index (χ1n) is 10.2. The van der Waals surface area contributed by atoms with Gasteiger partial charge in [-0.2, -0.15) is 10.1 Å². The molecule has 0 radical (unpaired) electrons.